The molecule has 1 N–H and O–H groups in total. The van der Waals surface area contributed by atoms with Gasteiger partial charge in [0.1, 0.15) is 0 Å². The van der Waals surface area contributed by atoms with Crippen molar-refractivity contribution in [3.05, 3.63) is 0 Å². The second kappa shape index (κ2) is 18.5. The third-order valence-electron chi connectivity index (χ3n) is 4.23. The molecule has 0 bridgehead atoms. The van der Waals surface area contributed by atoms with Crippen molar-refractivity contribution in [1.29, 1.82) is 0 Å². The molecular weight excluding hydrogens is 273 g/mol. The molecule has 3 heteroatoms. The summed E-state index contributed by atoms with van der Waals surface area (Å²) in [6.07, 6.45) is 17.1. The van der Waals surface area contributed by atoms with E-state index in [2.05, 4.69) is 27.9 Å². The van der Waals surface area contributed by atoms with Gasteiger partial charge in [-0.05, 0) is 25.7 Å². The topological polar surface area (TPSA) is 30.0 Å². The van der Waals surface area contributed by atoms with Crippen LogP contribution >= 0.6 is 0 Å². The van der Waals surface area contributed by atoms with Crippen molar-refractivity contribution in [2.24, 2.45) is 0 Å². The molecule has 0 fully saturated rings. The maximum atomic E-state index is 2.41. The summed E-state index contributed by atoms with van der Waals surface area (Å²) in [5.41, 5.74) is 0. The highest BCUT2D eigenvalue weighted by Crippen LogP contribution is 2.11. The lowest BCUT2D eigenvalue weighted by molar-refractivity contribution is -0.890. The van der Waals surface area contributed by atoms with Crippen LogP contribution in [-0.2, 0) is 0 Å². The Balaban J connectivity index is -0.00000162. The fraction of sp³-hybridized carbons (Fsp3) is 1.00. The Kier molecular flexibility index (Phi) is 23.2. The van der Waals surface area contributed by atoms with Crippen molar-refractivity contribution >= 4 is 17.4 Å². The van der Waals surface area contributed by atoms with E-state index in [9.17, 15) is 0 Å². The largest absolute Gasteiger partial charge is 0.870 e. The van der Waals surface area contributed by atoms with E-state index in [-0.39, 0.29) is 22.8 Å². The molecule has 0 spiro atoms. The molecule has 0 atom stereocenters. The number of nitrogens with zero attached hydrogens (tertiary/aromatic N) is 1. The van der Waals surface area contributed by atoms with Crippen LogP contribution in [0.2, 0.25) is 0 Å². The van der Waals surface area contributed by atoms with Crippen LogP contribution in [0, 0.1) is 0 Å². The van der Waals surface area contributed by atoms with Gasteiger partial charge in [0.2, 0.25) is 0 Å². The summed E-state index contributed by atoms with van der Waals surface area (Å²) in [7, 11) is 4.83. The Morgan fingerprint density at radius 3 is 1.14 bits per heavy atom. The van der Waals surface area contributed by atoms with Crippen LogP contribution in [0.3, 0.4) is 0 Å². The molecule has 0 aromatic carbocycles. The molecule has 0 rings (SSSR count). The normalized spacial score (nSPS) is 10.9. The Morgan fingerprint density at radius 1 is 0.524 bits per heavy atom. The molecule has 2 nitrogen and oxygen atoms in total. The first-order chi connectivity index (χ1) is 9.12. The Morgan fingerprint density at radius 2 is 0.810 bits per heavy atom. The molecule has 0 saturated heterocycles. The number of quaternary nitrogens is 1. The van der Waals surface area contributed by atoms with Gasteiger partial charge < -0.3 is 9.96 Å². The Hall–Kier alpha value is 0.452. The number of hydrogen-bond donors (Lipinski definition) is 0. The Labute approximate surface area is 145 Å². The van der Waals surface area contributed by atoms with Crippen molar-refractivity contribution in [1.82, 2.24) is 0 Å². The standard InChI is InChI=1S/C18H40N.Al.H2O.3H/c1-5-7-9-11-13-15-17-19(3,4)18-16-14-12-10-8-6-2;;;;;/h5-18H2,1-4H3;;1H2;;;/q+1;;;;;/p-1. The van der Waals surface area contributed by atoms with Gasteiger partial charge in [0.15, 0.2) is 17.4 Å². The summed E-state index contributed by atoms with van der Waals surface area (Å²) in [5.74, 6) is 0. The third-order valence-corrected chi connectivity index (χ3v) is 4.23. The smallest absolute Gasteiger partial charge is 0.187 e. The molecule has 0 aromatic rings. The monoisotopic (exact) mass is 317 g/mol. The summed E-state index contributed by atoms with van der Waals surface area (Å²) in [4.78, 5) is 0. The summed E-state index contributed by atoms with van der Waals surface area (Å²) in [6, 6.07) is 0. The van der Waals surface area contributed by atoms with E-state index < -0.39 is 0 Å². The van der Waals surface area contributed by atoms with E-state index in [0.717, 1.165) is 0 Å². The van der Waals surface area contributed by atoms with Gasteiger partial charge in [-0.25, -0.2) is 0 Å². The van der Waals surface area contributed by atoms with E-state index in [1.807, 2.05) is 0 Å². The molecule has 0 aliphatic heterocycles. The number of unbranched alkanes of at least 4 members (excludes halogenated alkanes) is 10. The maximum absolute atomic E-state index is 2.41. The molecule has 130 valence electrons. The van der Waals surface area contributed by atoms with Crippen molar-refractivity contribution in [3.63, 3.8) is 0 Å². The van der Waals surface area contributed by atoms with Gasteiger partial charge in [0, 0.05) is 0 Å². The van der Waals surface area contributed by atoms with Crippen molar-refractivity contribution < 1.29 is 9.96 Å². The summed E-state index contributed by atoms with van der Waals surface area (Å²) >= 11 is 0. The van der Waals surface area contributed by atoms with Gasteiger partial charge in [-0.1, -0.05) is 65.2 Å². The molecule has 0 aliphatic carbocycles. The van der Waals surface area contributed by atoms with Crippen LogP contribution < -0.4 is 0 Å². The molecule has 0 aromatic heterocycles. The molecular formula is C18H44AlNO. The number of rotatable bonds is 14. The average molecular weight is 318 g/mol. The lowest BCUT2D eigenvalue weighted by Crippen LogP contribution is -2.41. The molecule has 21 heavy (non-hydrogen) atoms. The average Bonchev–Trinajstić information content (AvgIpc) is 2.38. The van der Waals surface area contributed by atoms with Gasteiger partial charge >= 0.3 is 0 Å². The summed E-state index contributed by atoms with van der Waals surface area (Å²) in [5, 5.41) is 0. The van der Waals surface area contributed by atoms with Gasteiger partial charge in [-0.3, -0.25) is 0 Å². The fourth-order valence-corrected chi connectivity index (χ4v) is 2.75. The van der Waals surface area contributed by atoms with Gasteiger partial charge in [0.05, 0.1) is 27.2 Å². The van der Waals surface area contributed by atoms with Crippen molar-refractivity contribution in [2.45, 2.75) is 90.9 Å². The van der Waals surface area contributed by atoms with Crippen LogP contribution in [0.25, 0.3) is 0 Å². The molecule has 0 radical (unpaired) electrons. The van der Waals surface area contributed by atoms with Crippen LogP contribution in [0.1, 0.15) is 90.9 Å². The minimum Gasteiger partial charge on any atom is -0.870 e. The summed E-state index contributed by atoms with van der Waals surface area (Å²) < 4.78 is 1.24. The van der Waals surface area contributed by atoms with E-state index in [0.29, 0.717) is 0 Å². The van der Waals surface area contributed by atoms with E-state index in [4.69, 9.17) is 0 Å². The molecule has 0 amide bonds. The second-order valence-corrected chi connectivity index (χ2v) is 6.92. The van der Waals surface area contributed by atoms with Crippen LogP contribution in [0.4, 0.5) is 0 Å². The second-order valence-electron chi connectivity index (χ2n) is 6.92. The fourth-order valence-electron chi connectivity index (χ4n) is 2.75. The van der Waals surface area contributed by atoms with Gasteiger partial charge in [-0.2, -0.15) is 0 Å². The highest BCUT2D eigenvalue weighted by atomic mass is 27.0. The predicted molar refractivity (Wildman–Crippen MR) is 100 cm³/mol. The van der Waals surface area contributed by atoms with Crippen molar-refractivity contribution in [2.75, 3.05) is 27.2 Å². The van der Waals surface area contributed by atoms with Crippen LogP contribution in [0.5, 0.6) is 0 Å². The maximum Gasteiger partial charge on any atom is 0.187 e. The van der Waals surface area contributed by atoms with E-state index in [1.165, 1.54) is 94.6 Å². The van der Waals surface area contributed by atoms with Crippen molar-refractivity contribution in [3.8, 4) is 0 Å². The lowest BCUT2D eigenvalue weighted by atomic mass is 10.1. The lowest BCUT2D eigenvalue weighted by Gasteiger charge is -2.30. The zero-order valence-corrected chi connectivity index (χ0v) is 14.8. The first-order valence-corrected chi connectivity index (χ1v) is 8.94. The minimum atomic E-state index is 0. The quantitative estimate of drug-likeness (QED) is 0.265. The van der Waals surface area contributed by atoms with Crippen LogP contribution in [-0.4, -0.2) is 54.5 Å². The molecule has 0 unspecified atom stereocenters. The SMILES string of the molecule is CCCCCCCC[N+](C)(C)CCCCCCCC.[AlH3].[OH-]. The molecule has 0 saturated carbocycles. The molecule has 0 heterocycles. The summed E-state index contributed by atoms with van der Waals surface area (Å²) in [6.45, 7) is 7.34. The van der Waals surface area contributed by atoms with Gasteiger partial charge in [-0.15, -0.1) is 0 Å². The van der Waals surface area contributed by atoms with E-state index >= 15 is 0 Å². The third kappa shape index (κ3) is 20.5. The van der Waals surface area contributed by atoms with Gasteiger partial charge in [0.25, 0.3) is 0 Å². The highest BCUT2D eigenvalue weighted by molar-refractivity contribution is 5.75. The minimum absolute atomic E-state index is 0. The first-order valence-electron chi connectivity index (χ1n) is 8.94. The molecule has 0 aliphatic rings. The number of hydrogen-bond acceptors (Lipinski definition) is 1. The zero-order chi connectivity index (χ0) is 14.4. The zero-order valence-electron chi connectivity index (χ0n) is 14.8. The van der Waals surface area contributed by atoms with Crippen LogP contribution in [0.15, 0.2) is 0 Å². The van der Waals surface area contributed by atoms with E-state index in [1.54, 1.807) is 0 Å². The highest BCUT2D eigenvalue weighted by Gasteiger charge is 2.13. The Bertz CT molecular complexity index is 168. The predicted octanol–water partition coefficient (Wildman–Crippen LogP) is 4.42. The first kappa shape index (κ1) is 26.4.